The van der Waals surface area contributed by atoms with Crippen LogP contribution in [0.4, 0.5) is 5.13 Å². The molecule has 0 saturated carbocycles. The topological polar surface area (TPSA) is 76.4 Å². The van der Waals surface area contributed by atoms with Gasteiger partial charge in [-0.1, -0.05) is 23.5 Å². The highest BCUT2D eigenvalue weighted by atomic mass is 32.1. The maximum Gasteiger partial charge on any atom is 0.271 e. The number of rotatable bonds is 2. The van der Waals surface area contributed by atoms with Gasteiger partial charge in [0.05, 0.1) is 10.2 Å². The molecule has 4 rings (SSSR count). The molecule has 0 bridgehead atoms. The summed E-state index contributed by atoms with van der Waals surface area (Å²) in [6.07, 6.45) is 1.33. The summed E-state index contributed by atoms with van der Waals surface area (Å²) in [5, 5.41) is 3.16. The van der Waals surface area contributed by atoms with E-state index in [2.05, 4.69) is 15.3 Å². The van der Waals surface area contributed by atoms with Crippen LogP contribution in [0.25, 0.3) is 15.2 Å². The van der Waals surface area contributed by atoms with Crippen LogP contribution in [0.15, 0.2) is 35.3 Å². The number of fused-ring (bicyclic) bond motifs is 2. The third kappa shape index (κ3) is 2.31. The standard InChI is InChI=1S/C16H12N4O2S2/c1-8-9(2)23-16-17-7-10(14(22)20(8)16)13(21)19-15-18-11-5-3-4-6-12(11)24-15/h3-7H,1-2H3,(H,18,19,21). The van der Waals surface area contributed by atoms with E-state index < -0.39 is 5.91 Å². The van der Waals surface area contributed by atoms with Gasteiger partial charge in [-0.15, -0.1) is 11.3 Å². The minimum Gasteiger partial charge on any atom is -0.298 e. The molecular weight excluding hydrogens is 344 g/mol. The van der Waals surface area contributed by atoms with Crippen LogP contribution in [-0.2, 0) is 0 Å². The van der Waals surface area contributed by atoms with Crippen molar-refractivity contribution < 1.29 is 4.79 Å². The average molecular weight is 356 g/mol. The number of aryl methyl sites for hydroxylation is 2. The van der Waals surface area contributed by atoms with E-state index in [0.29, 0.717) is 10.1 Å². The summed E-state index contributed by atoms with van der Waals surface area (Å²) in [6, 6.07) is 7.61. The molecular formula is C16H12N4O2S2. The van der Waals surface area contributed by atoms with Gasteiger partial charge in [0.25, 0.3) is 11.5 Å². The van der Waals surface area contributed by atoms with Crippen LogP contribution in [0.2, 0.25) is 0 Å². The first kappa shape index (κ1) is 15.0. The molecule has 4 aromatic rings. The van der Waals surface area contributed by atoms with Crippen molar-refractivity contribution in [3.05, 3.63) is 57.0 Å². The molecule has 8 heteroatoms. The normalized spacial score (nSPS) is 11.2. The zero-order valence-electron chi connectivity index (χ0n) is 12.9. The van der Waals surface area contributed by atoms with Gasteiger partial charge in [0.15, 0.2) is 10.1 Å². The Morgan fingerprint density at radius 2 is 2.00 bits per heavy atom. The van der Waals surface area contributed by atoms with Gasteiger partial charge in [-0.3, -0.25) is 19.3 Å². The summed E-state index contributed by atoms with van der Waals surface area (Å²) < 4.78 is 2.45. The summed E-state index contributed by atoms with van der Waals surface area (Å²) in [4.78, 5) is 35.3. The number of benzene rings is 1. The fraction of sp³-hybridized carbons (Fsp3) is 0.125. The van der Waals surface area contributed by atoms with Crippen molar-refractivity contribution in [1.29, 1.82) is 0 Å². The molecule has 24 heavy (non-hydrogen) atoms. The SMILES string of the molecule is Cc1sc2ncc(C(=O)Nc3nc4ccccc4s3)c(=O)n2c1C. The van der Waals surface area contributed by atoms with Crippen molar-refractivity contribution >= 4 is 48.9 Å². The molecule has 3 aromatic heterocycles. The van der Waals surface area contributed by atoms with E-state index in [1.807, 2.05) is 38.1 Å². The zero-order valence-corrected chi connectivity index (χ0v) is 14.5. The Hall–Kier alpha value is -2.58. The van der Waals surface area contributed by atoms with Gasteiger partial charge in [-0.2, -0.15) is 0 Å². The van der Waals surface area contributed by atoms with Crippen molar-refractivity contribution in [2.24, 2.45) is 0 Å². The highest BCUT2D eigenvalue weighted by Gasteiger charge is 2.17. The fourth-order valence-corrected chi connectivity index (χ4v) is 4.21. The second-order valence-corrected chi connectivity index (χ2v) is 7.49. The highest BCUT2D eigenvalue weighted by molar-refractivity contribution is 7.22. The summed E-state index contributed by atoms with van der Waals surface area (Å²) >= 11 is 2.80. The number of hydrogen-bond acceptors (Lipinski definition) is 6. The number of carbonyl (C=O) groups excluding carboxylic acids is 1. The second-order valence-electron chi connectivity index (χ2n) is 5.28. The zero-order chi connectivity index (χ0) is 16.8. The molecule has 0 saturated heterocycles. The molecule has 3 heterocycles. The molecule has 0 radical (unpaired) electrons. The Morgan fingerprint density at radius 3 is 2.79 bits per heavy atom. The Kier molecular flexibility index (Phi) is 3.43. The van der Waals surface area contributed by atoms with Crippen LogP contribution in [0.5, 0.6) is 0 Å². The van der Waals surface area contributed by atoms with Crippen LogP contribution >= 0.6 is 22.7 Å². The van der Waals surface area contributed by atoms with Gasteiger partial charge >= 0.3 is 0 Å². The average Bonchev–Trinajstić information content (AvgIpc) is 3.08. The molecule has 1 amide bonds. The number of anilines is 1. The first-order valence-corrected chi connectivity index (χ1v) is 8.82. The molecule has 1 N–H and O–H groups in total. The Labute approximate surface area is 144 Å². The summed E-state index contributed by atoms with van der Waals surface area (Å²) in [7, 11) is 0. The maximum atomic E-state index is 12.6. The largest absolute Gasteiger partial charge is 0.298 e. The first-order valence-electron chi connectivity index (χ1n) is 7.19. The van der Waals surface area contributed by atoms with Crippen LogP contribution in [-0.4, -0.2) is 20.3 Å². The molecule has 1 aromatic carbocycles. The highest BCUT2D eigenvalue weighted by Crippen LogP contribution is 2.25. The lowest BCUT2D eigenvalue weighted by molar-refractivity contribution is 0.102. The Morgan fingerprint density at radius 1 is 1.21 bits per heavy atom. The van der Waals surface area contributed by atoms with E-state index in [-0.39, 0.29) is 11.1 Å². The minimum atomic E-state index is -0.496. The molecule has 0 aliphatic carbocycles. The smallest absolute Gasteiger partial charge is 0.271 e. The Balaban J connectivity index is 1.74. The molecule has 0 fully saturated rings. The monoisotopic (exact) mass is 356 g/mol. The first-order chi connectivity index (χ1) is 11.5. The van der Waals surface area contributed by atoms with Crippen molar-refractivity contribution in [3.8, 4) is 0 Å². The quantitative estimate of drug-likeness (QED) is 0.598. The molecule has 0 unspecified atom stereocenters. The molecule has 120 valence electrons. The van der Waals surface area contributed by atoms with Crippen LogP contribution < -0.4 is 10.9 Å². The van der Waals surface area contributed by atoms with Crippen LogP contribution in [0.3, 0.4) is 0 Å². The lowest BCUT2D eigenvalue weighted by atomic mass is 10.3. The lowest BCUT2D eigenvalue weighted by Gasteiger charge is -2.02. The lowest BCUT2D eigenvalue weighted by Crippen LogP contribution is -2.26. The number of thiazole rings is 2. The number of hydrogen-bond donors (Lipinski definition) is 1. The molecule has 6 nitrogen and oxygen atoms in total. The number of nitrogens with zero attached hydrogens (tertiary/aromatic N) is 3. The molecule has 0 atom stereocenters. The van der Waals surface area contributed by atoms with E-state index in [4.69, 9.17) is 0 Å². The maximum absolute atomic E-state index is 12.6. The molecule has 0 spiro atoms. The van der Waals surface area contributed by atoms with Crippen molar-refractivity contribution in [2.75, 3.05) is 5.32 Å². The summed E-state index contributed by atoms with van der Waals surface area (Å²) in [6.45, 7) is 3.77. The summed E-state index contributed by atoms with van der Waals surface area (Å²) in [5.41, 5.74) is 1.27. The number of para-hydroxylation sites is 1. The molecule has 0 aliphatic heterocycles. The van der Waals surface area contributed by atoms with Gasteiger partial charge < -0.3 is 0 Å². The second kappa shape index (κ2) is 5.50. The molecule has 0 aliphatic rings. The van der Waals surface area contributed by atoms with Gasteiger partial charge in [-0.05, 0) is 26.0 Å². The van der Waals surface area contributed by atoms with Crippen molar-refractivity contribution in [3.63, 3.8) is 0 Å². The third-order valence-corrected chi connectivity index (χ3v) is 5.80. The van der Waals surface area contributed by atoms with Gasteiger partial charge in [-0.25, -0.2) is 9.97 Å². The minimum absolute atomic E-state index is 0.00709. The number of amides is 1. The van der Waals surface area contributed by atoms with Gasteiger partial charge in [0, 0.05) is 16.8 Å². The van der Waals surface area contributed by atoms with Crippen molar-refractivity contribution in [2.45, 2.75) is 13.8 Å². The number of nitrogens with one attached hydrogen (secondary N) is 1. The van der Waals surface area contributed by atoms with Crippen LogP contribution in [0, 0.1) is 13.8 Å². The number of carbonyl (C=O) groups is 1. The fourth-order valence-electron chi connectivity index (χ4n) is 2.42. The van der Waals surface area contributed by atoms with Gasteiger partial charge in [0.1, 0.15) is 5.56 Å². The summed E-state index contributed by atoms with van der Waals surface area (Å²) in [5.74, 6) is -0.496. The van der Waals surface area contributed by atoms with Crippen LogP contribution in [0.1, 0.15) is 20.9 Å². The van der Waals surface area contributed by atoms with Gasteiger partial charge in [0.2, 0.25) is 0 Å². The van der Waals surface area contributed by atoms with E-state index >= 15 is 0 Å². The van der Waals surface area contributed by atoms with E-state index in [9.17, 15) is 9.59 Å². The third-order valence-electron chi connectivity index (χ3n) is 3.78. The van der Waals surface area contributed by atoms with E-state index in [1.54, 1.807) is 0 Å². The van der Waals surface area contributed by atoms with E-state index in [1.165, 1.54) is 33.3 Å². The Bertz CT molecular complexity index is 1120. The number of aromatic nitrogens is 3. The predicted molar refractivity (Wildman–Crippen MR) is 96.4 cm³/mol. The van der Waals surface area contributed by atoms with Crippen molar-refractivity contribution in [1.82, 2.24) is 14.4 Å². The predicted octanol–water partition coefficient (Wildman–Crippen LogP) is 3.23. The van der Waals surface area contributed by atoms with E-state index in [0.717, 1.165) is 20.8 Å².